The third-order valence-electron chi connectivity index (χ3n) is 5.13. The van der Waals surface area contributed by atoms with Crippen LogP contribution in [0.25, 0.3) is 0 Å². The van der Waals surface area contributed by atoms with Gasteiger partial charge in [0.05, 0.1) is 36.1 Å². The summed E-state index contributed by atoms with van der Waals surface area (Å²) in [6, 6.07) is 5.73. The topological polar surface area (TPSA) is 122 Å². The lowest BCUT2D eigenvalue weighted by molar-refractivity contribution is -0.0440. The van der Waals surface area contributed by atoms with Crippen molar-refractivity contribution in [1.82, 2.24) is 13.9 Å². The van der Waals surface area contributed by atoms with Crippen molar-refractivity contribution in [2.24, 2.45) is 0 Å². The number of rotatable bonds is 7. The van der Waals surface area contributed by atoms with Gasteiger partial charge in [-0.05, 0) is 32.0 Å². The summed E-state index contributed by atoms with van der Waals surface area (Å²) in [5.74, 6) is -0.776. The Kier molecular flexibility index (Phi) is 7.71. The summed E-state index contributed by atoms with van der Waals surface area (Å²) in [7, 11) is -7.28. The van der Waals surface area contributed by atoms with Crippen molar-refractivity contribution in [2.45, 2.75) is 31.0 Å². The molecule has 2 heterocycles. The van der Waals surface area contributed by atoms with Crippen LogP contribution < -0.4 is 5.32 Å². The maximum Gasteiger partial charge on any atom is 0.251 e. The Morgan fingerprint density at radius 2 is 1.71 bits per heavy atom. The first-order chi connectivity index (χ1) is 14.6. The van der Waals surface area contributed by atoms with Gasteiger partial charge in [0.1, 0.15) is 0 Å². The average Bonchev–Trinajstić information content (AvgIpc) is 2.73. The molecule has 0 saturated carbocycles. The molecule has 0 aliphatic carbocycles. The third-order valence-corrected chi connectivity index (χ3v) is 8.83. The molecule has 3 rings (SSSR count). The Morgan fingerprint density at radius 3 is 2.35 bits per heavy atom. The van der Waals surface area contributed by atoms with E-state index in [4.69, 9.17) is 9.47 Å². The molecule has 0 bridgehead atoms. The van der Waals surface area contributed by atoms with E-state index in [2.05, 4.69) is 5.32 Å². The van der Waals surface area contributed by atoms with Gasteiger partial charge in [-0.1, -0.05) is 6.07 Å². The first kappa shape index (κ1) is 24.1. The molecule has 2 atom stereocenters. The zero-order chi connectivity index (χ0) is 22.6. The highest BCUT2D eigenvalue weighted by Gasteiger charge is 2.31. The SMILES string of the molecule is CC1CN(S(=O)(=O)CCNC(=O)c2cccc(S(=O)(=O)N3CCOCC3)c2)CC(C)O1. The molecule has 12 heteroatoms. The number of morpholine rings is 2. The predicted molar refractivity (Wildman–Crippen MR) is 114 cm³/mol. The molecule has 1 amide bonds. The molecular formula is C19H29N3O7S2. The van der Waals surface area contributed by atoms with Crippen LogP contribution in [0.2, 0.25) is 0 Å². The molecule has 2 aliphatic heterocycles. The Morgan fingerprint density at radius 1 is 1.06 bits per heavy atom. The first-order valence-electron chi connectivity index (χ1n) is 10.2. The molecule has 2 unspecified atom stereocenters. The van der Waals surface area contributed by atoms with Crippen molar-refractivity contribution in [3.63, 3.8) is 0 Å². The fourth-order valence-corrected chi connectivity index (χ4v) is 6.56. The van der Waals surface area contributed by atoms with E-state index >= 15 is 0 Å². The Hall–Kier alpha value is -1.57. The summed E-state index contributed by atoms with van der Waals surface area (Å²) in [4.78, 5) is 12.5. The number of carbonyl (C=O) groups is 1. The highest BCUT2D eigenvalue weighted by atomic mass is 32.2. The van der Waals surface area contributed by atoms with E-state index in [1.165, 1.54) is 32.9 Å². The van der Waals surface area contributed by atoms with Crippen molar-refractivity contribution in [1.29, 1.82) is 0 Å². The standard InChI is InChI=1S/C19H29N3O7S2/c1-15-13-22(14-16(2)29-15)30(24,25)11-6-20-19(23)17-4-3-5-18(12-17)31(26,27)21-7-9-28-10-8-21/h3-5,12,15-16H,6-11,13-14H2,1-2H3,(H,20,23). The van der Waals surface area contributed by atoms with Gasteiger partial charge in [0, 0.05) is 38.3 Å². The van der Waals surface area contributed by atoms with Crippen LogP contribution >= 0.6 is 0 Å². The number of nitrogens with one attached hydrogen (secondary N) is 1. The normalized spacial score (nSPS) is 24.1. The van der Waals surface area contributed by atoms with Crippen molar-refractivity contribution in [3.8, 4) is 0 Å². The molecule has 10 nitrogen and oxygen atoms in total. The predicted octanol–water partition coefficient (Wildman–Crippen LogP) is -0.124. The smallest absolute Gasteiger partial charge is 0.251 e. The summed E-state index contributed by atoms with van der Waals surface area (Å²) in [6.07, 6.45) is -0.381. The van der Waals surface area contributed by atoms with Crippen LogP contribution in [0.5, 0.6) is 0 Å². The number of carbonyl (C=O) groups excluding carboxylic acids is 1. The molecule has 2 saturated heterocycles. The molecule has 1 aromatic carbocycles. The molecule has 2 fully saturated rings. The van der Waals surface area contributed by atoms with Gasteiger partial charge in [-0.25, -0.2) is 16.8 Å². The number of sulfonamides is 2. The largest absolute Gasteiger partial charge is 0.379 e. The monoisotopic (exact) mass is 475 g/mol. The van der Waals surface area contributed by atoms with Crippen molar-refractivity contribution < 1.29 is 31.1 Å². The van der Waals surface area contributed by atoms with Crippen molar-refractivity contribution in [2.75, 3.05) is 51.7 Å². The molecule has 1 aromatic rings. The van der Waals surface area contributed by atoms with Crippen LogP contribution in [0, 0.1) is 0 Å². The van der Waals surface area contributed by atoms with Gasteiger partial charge >= 0.3 is 0 Å². The second-order valence-corrected chi connectivity index (χ2v) is 11.7. The number of ether oxygens (including phenoxy) is 2. The van der Waals surface area contributed by atoms with E-state index < -0.39 is 26.0 Å². The highest BCUT2D eigenvalue weighted by Crippen LogP contribution is 2.18. The van der Waals surface area contributed by atoms with E-state index in [1.54, 1.807) is 0 Å². The zero-order valence-corrected chi connectivity index (χ0v) is 19.3. The molecule has 0 radical (unpaired) electrons. The third kappa shape index (κ3) is 6.02. The Labute approximate surface area is 183 Å². The summed E-state index contributed by atoms with van der Waals surface area (Å²) in [5, 5.41) is 2.57. The van der Waals surface area contributed by atoms with Gasteiger partial charge in [-0.3, -0.25) is 4.79 Å². The van der Waals surface area contributed by atoms with E-state index in [-0.39, 0.29) is 61.1 Å². The summed E-state index contributed by atoms with van der Waals surface area (Å²) in [6.45, 7) is 5.29. The minimum Gasteiger partial charge on any atom is -0.379 e. The summed E-state index contributed by atoms with van der Waals surface area (Å²) >= 11 is 0. The van der Waals surface area contributed by atoms with Crippen LogP contribution in [0.15, 0.2) is 29.2 Å². The highest BCUT2D eigenvalue weighted by molar-refractivity contribution is 7.89. The van der Waals surface area contributed by atoms with Crippen LogP contribution in [0.4, 0.5) is 0 Å². The lowest BCUT2D eigenvalue weighted by Crippen LogP contribution is -2.49. The second kappa shape index (κ2) is 9.92. The van der Waals surface area contributed by atoms with Crippen molar-refractivity contribution in [3.05, 3.63) is 29.8 Å². The molecular weight excluding hydrogens is 446 g/mol. The van der Waals surface area contributed by atoms with Gasteiger partial charge in [-0.15, -0.1) is 0 Å². The van der Waals surface area contributed by atoms with Gasteiger partial charge in [0.25, 0.3) is 5.91 Å². The van der Waals surface area contributed by atoms with E-state index in [0.29, 0.717) is 13.2 Å². The fourth-order valence-electron chi connectivity index (χ4n) is 3.62. The van der Waals surface area contributed by atoms with Crippen LogP contribution in [0.1, 0.15) is 24.2 Å². The lowest BCUT2D eigenvalue weighted by atomic mass is 10.2. The Bertz CT molecular complexity index is 982. The molecule has 2 aliphatic rings. The van der Waals surface area contributed by atoms with Crippen LogP contribution in [-0.4, -0.2) is 95.3 Å². The fraction of sp³-hybridized carbons (Fsp3) is 0.632. The minimum atomic E-state index is -3.73. The molecule has 0 spiro atoms. The van der Waals surface area contributed by atoms with Crippen LogP contribution in [0.3, 0.4) is 0 Å². The molecule has 0 aromatic heterocycles. The maximum absolute atomic E-state index is 12.8. The van der Waals surface area contributed by atoms with Gasteiger partial charge in [0.2, 0.25) is 20.0 Å². The van der Waals surface area contributed by atoms with Crippen LogP contribution in [-0.2, 0) is 29.5 Å². The van der Waals surface area contributed by atoms with E-state index in [9.17, 15) is 21.6 Å². The first-order valence-corrected chi connectivity index (χ1v) is 13.2. The number of hydrogen-bond acceptors (Lipinski definition) is 7. The van der Waals surface area contributed by atoms with Gasteiger partial charge in [-0.2, -0.15) is 8.61 Å². The summed E-state index contributed by atoms with van der Waals surface area (Å²) in [5.41, 5.74) is 0.153. The quantitative estimate of drug-likeness (QED) is 0.583. The number of nitrogens with zero attached hydrogens (tertiary/aromatic N) is 2. The molecule has 1 N–H and O–H groups in total. The number of hydrogen-bond donors (Lipinski definition) is 1. The maximum atomic E-state index is 12.8. The van der Waals surface area contributed by atoms with E-state index in [0.717, 1.165) is 0 Å². The van der Waals surface area contributed by atoms with E-state index in [1.807, 2.05) is 13.8 Å². The van der Waals surface area contributed by atoms with Gasteiger partial charge in [0.15, 0.2) is 0 Å². The average molecular weight is 476 g/mol. The van der Waals surface area contributed by atoms with Crippen molar-refractivity contribution >= 4 is 26.0 Å². The second-order valence-electron chi connectivity index (χ2n) is 7.69. The minimum absolute atomic E-state index is 0.0194. The molecule has 31 heavy (non-hydrogen) atoms. The zero-order valence-electron chi connectivity index (χ0n) is 17.7. The number of amides is 1. The number of benzene rings is 1. The molecule has 174 valence electrons. The lowest BCUT2D eigenvalue weighted by Gasteiger charge is -2.34. The van der Waals surface area contributed by atoms with Gasteiger partial charge < -0.3 is 14.8 Å². The Balaban J connectivity index is 1.60. The summed E-state index contributed by atoms with van der Waals surface area (Å²) < 4.78 is 64.2.